The topological polar surface area (TPSA) is 57.0 Å². The van der Waals surface area contributed by atoms with Gasteiger partial charge in [0.05, 0.1) is 31.9 Å². The molecule has 1 saturated heterocycles. The van der Waals surface area contributed by atoms with Crippen LogP contribution in [-0.2, 0) is 4.79 Å². The van der Waals surface area contributed by atoms with Crippen LogP contribution in [0.3, 0.4) is 0 Å². The third-order valence-electron chi connectivity index (χ3n) is 4.76. The number of phenols is 1. The first-order valence-electron chi connectivity index (χ1n) is 8.48. The molecule has 0 saturated carbocycles. The Labute approximate surface area is 146 Å². The molecule has 2 aromatic rings. The second-order valence-corrected chi connectivity index (χ2v) is 6.35. The highest BCUT2D eigenvalue weighted by Gasteiger charge is 2.29. The molecule has 1 atom stereocenters. The summed E-state index contributed by atoms with van der Waals surface area (Å²) in [5.74, 6) is -0.333. The van der Waals surface area contributed by atoms with Gasteiger partial charge in [-0.15, -0.1) is 0 Å². The van der Waals surface area contributed by atoms with Gasteiger partial charge in [0.1, 0.15) is 11.6 Å². The van der Waals surface area contributed by atoms with E-state index in [0.717, 1.165) is 31.9 Å². The fourth-order valence-corrected chi connectivity index (χ4v) is 3.14. The first kappa shape index (κ1) is 17.2. The number of hydrogen-bond acceptors (Lipinski definition) is 3. The fraction of sp³-hybridized carbons (Fsp3) is 0.316. The third kappa shape index (κ3) is 4.09. The summed E-state index contributed by atoms with van der Waals surface area (Å²) in [6.45, 7) is 5.19. The molecule has 0 aliphatic carbocycles. The number of hydrogen-bond donors (Lipinski definition) is 3. The van der Waals surface area contributed by atoms with Gasteiger partial charge in [-0.1, -0.05) is 12.1 Å². The average molecular weight is 344 g/mol. The van der Waals surface area contributed by atoms with Crippen molar-refractivity contribution in [1.29, 1.82) is 0 Å². The standard InChI is InChI=1S/C19H22FN3O2/c1-14(19(25)21-18-5-3-2-4-17(18)20)22-10-12-23(13-11-22)15-6-8-16(24)9-7-15/h2-9,14,24H,10-13H2,1H3,(H,21,25)/p+1/t14-/m0/s1. The molecule has 0 unspecified atom stereocenters. The van der Waals surface area contributed by atoms with Gasteiger partial charge in [-0.25, -0.2) is 4.39 Å². The second kappa shape index (κ2) is 7.53. The van der Waals surface area contributed by atoms with Crippen molar-refractivity contribution in [2.24, 2.45) is 0 Å². The Balaban J connectivity index is 1.56. The molecule has 3 rings (SSSR count). The van der Waals surface area contributed by atoms with Crippen molar-refractivity contribution in [3.63, 3.8) is 0 Å². The molecular formula is C19H23FN3O2+. The molecule has 2 aromatic carbocycles. The van der Waals surface area contributed by atoms with Crippen LogP contribution in [-0.4, -0.2) is 43.2 Å². The first-order chi connectivity index (χ1) is 12.0. The molecule has 0 aromatic heterocycles. The highest BCUT2D eigenvalue weighted by Crippen LogP contribution is 2.18. The lowest BCUT2D eigenvalue weighted by molar-refractivity contribution is -0.914. The van der Waals surface area contributed by atoms with Crippen molar-refractivity contribution in [2.45, 2.75) is 13.0 Å². The minimum absolute atomic E-state index is 0.168. The van der Waals surface area contributed by atoms with Crippen LogP contribution in [0.5, 0.6) is 5.75 Å². The van der Waals surface area contributed by atoms with Crippen LogP contribution in [0.2, 0.25) is 0 Å². The number of aromatic hydroxyl groups is 1. The number of carbonyl (C=O) groups excluding carboxylic acids is 1. The molecule has 1 amide bonds. The zero-order chi connectivity index (χ0) is 17.8. The predicted octanol–water partition coefficient (Wildman–Crippen LogP) is 1.26. The highest BCUT2D eigenvalue weighted by atomic mass is 19.1. The third-order valence-corrected chi connectivity index (χ3v) is 4.76. The lowest BCUT2D eigenvalue weighted by atomic mass is 10.2. The van der Waals surface area contributed by atoms with E-state index in [0.29, 0.717) is 0 Å². The molecule has 1 heterocycles. The molecule has 0 spiro atoms. The Morgan fingerprint density at radius 3 is 2.44 bits per heavy atom. The van der Waals surface area contributed by atoms with E-state index in [1.807, 2.05) is 19.1 Å². The summed E-state index contributed by atoms with van der Waals surface area (Å²) in [6.07, 6.45) is 0. The van der Waals surface area contributed by atoms with E-state index in [2.05, 4.69) is 10.2 Å². The lowest BCUT2D eigenvalue weighted by Crippen LogP contribution is -3.19. The second-order valence-electron chi connectivity index (χ2n) is 6.35. The smallest absolute Gasteiger partial charge is 0.282 e. The number of nitrogens with zero attached hydrogens (tertiary/aromatic N) is 1. The number of para-hydroxylation sites is 1. The van der Waals surface area contributed by atoms with Gasteiger partial charge >= 0.3 is 0 Å². The van der Waals surface area contributed by atoms with Gasteiger partial charge in [0.25, 0.3) is 5.91 Å². The summed E-state index contributed by atoms with van der Waals surface area (Å²) in [5.41, 5.74) is 1.29. The van der Waals surface area contributed by atoms with E-state index in [9.17, 15) is 14.3 Å². The number of rotatable bonds is 4. The van der Waals surface area contributed by atoms with E-state index in [1.165, 1.54) is 11.0 Å². The van der Waals surface area contributed by atoms with Gasteiger partial charge in [0, 0.05) is 5.69 Å². The van der Waals surface area contributed by atoms with Crippen LogP contribution in [0, 0.1) is 5.82 Å². The predicted molar refractivity (Wildman–Crippen MR) is 95.5 cm³/mol. The van der Waals surface area contributed by atoms with Crippen LogP contribution in [0.1, 0.15) is 6.92 Å². The quantitative estimate of drug-likeness (QED) is 0.783. The van der Waals surface area contributed by atoms with Crippen LogP contribution >= 0.6 is 0 Å². The largest absolute Gasteiger partial charge is 0.508 e. The number of benzene rings is 2. The monoisotopic (exact) mass is 344 g/mol. The van der Waals surface area contributed by atoms with Gasteiger partial charge < -0.3 is 20.2 Å². The Kier molecular flexibility index (Phi) is 5.19. The van der Waals surface area contributed by atoms with Crippen LogP contribution < -0.4 is 15.1 Å². The van der Waals surface area contributed by atoms with E-state index in [4.69, 9.17) is 0 Å². The Bertz CT molecular complexity index is 728. The van der Waals surface area contributed by atoms with Crippen molar-refractivity contribution in [3.05, 3.63) is 54.3 Å². The number of piperazine rings is 1. The molecule has 132 valence electrons. The maximum Gasteiger partial charge on any atom is 0.282 e. The lowest BCUT2D eigenvalue weighted by Gasteiger charge is -2.36. The van der Waals surface area contributed by atoms with E-state index >= 15 is 0 Å². The summed E-state index contributed by atoms with van der Waals surface area (Å²) in [4.78, 5) is 15.8. The number of nitrogens with one attached hydrogen (secondary N) is 2. The van der Waals surface area contributed by atoms with Crippen LogP contribution in [0.4, 0.5) is 15.8 Å². The van der Waals surface area contributed by atoms with Gasteiger partial charge in [-0.3, -0.25) is 4.79 Å². The number of amides is 1. The van der Waals surface area contributed by atoms with Crippen molar-refractivity contribution in [2.75, 3.05) is 36.4 Å². The Morgan fingerprint density at radius 1 is 1.16 bits per heavy atom. The molecule has 25 heavy (non-hydrogen) atoms. The molecule has 1 aliphatic rings. The number of phenolic OH excluding ortho intramolecular Hbond substituents is 1. The van der Waals surface area contributed by atoms with Gasteiger partial charge in [0.15, 0.2) is 6.04 Å². The molecule has 3 N–H and O–H groups in total. The number of anilines is 2. The van der Waals surface area contributed by atoms with E-state index in [-0.39, 0.29) is 23.4 Å². The van der Waals surface area contributed by atoms with E-state index < -0.39 is 5.82 Å². The zero-order valence-electron chi connectivity index (χ0n) is 14.2. The van der Waals surface area contributed by atoms with Crippen LogP contribution in [0.25, 0.3) is 0 Å². The molecule has 6 heteroatoms. The normalized spacial score (nSPS) is 16.5. The Hall–Kier alpha value is -2.60. The summed E-state index contributed by atoms with van der Waals surface area (Å²) >= 11 is 0. The molecule has 1 aliphatic heterocycles. The minimum atomic E-state index is -0.421. The summed E-state index contributed by atoms with van der Waals surface area (Å²) < 4.78 is 13.7. The zero-order valence-corrected chi connectivity index (χ0v) is 14.2. The average Bonchev–Trinajstić information content (AvgIpc) is 2.64. The van der Waals surface area contributed by atoms with Crippen molar-refractivity contribution < 1.29 is 19.2 Å². The maximum absolute atomic E-state index is 13.7. The minimum Gasteiger partial charge on any atom is -0.508 e. The van der Waals surface area contributed by atoms with Crippen molar-refractivity contribution in [1.82, 2.24) is 0 Å². The number of carbonyl (C=O) groups is 1. The van der Waals surface area contributed by atoms with Crippen molar-refractivity contribution in [3.8, 4) is 5.75 Å². The molecular weight excluding hydrogens is 321 g/mol. The summed E-state index contributed by atoms with van der Waals surface area (Å²) in [5, 5.41) is 12.1. The fourth-order valence-electron chi connectivity index (χ4n) is 3.14. The SMILES string of the molecule is C[C@@H](C(=O)Nc1ccccc1F)[NH+]1CCN(c2ccc(O)cc2)CC1. The van der Waals surface area contributed by atoms with Gasteiger partial charge in [-0.2, -0.15) is 0 Å². The molecule has 5 nitrogen and oxygen atoms in total. The van der Waals surface area contributed by atoms with Gasteiger partial charge in [-0.05, 0) is 43.3 Å². The molecule has 1 fully saturated rings. The summed E-state index contributed by atoms with van der Waals surface area (Å²) in [6, 6.07) is 13.1. The number of quaternary nitrogens is 1. The van der Waals surface area contributed by atoms with Gasteiger partial charge in [0.2, 0.25) is 0 Å². The van der Waals surface area contributed by atoms with Crippen molar-refractivity contribution >= 4 is 17.3 Å². The summed E-state index contributed by atoms with van der Waals surface area (Å²) in [7, 11) is 0. The maximum atomic E-state index is 13.7. The van der Waals surface area contributed by atoms with Crippen LogP contribution in [0.15, 0.2) is 48.5 Å². The molecule has 0 bridgehead atoms. The first-order valence-corrected chi connectivity index (χ1v) is 8.48. The number of halogens is 1. The van der Waals surface area contributed by atoms with E-state index in [1.54, 1.807) is 30.3 Å². The highest BCUT2D eigenvalue weighted by molar-refractivity contribution is 5.93. The Morgan fingerprint density at radius 2 is 1.80 bits per heavy atom. The molecule has 0 radical (unpaired) electrons.